The van der Waals surface area contributed by atoms with Crippen molar-refractivity contribution >= 4 is 10.0 Å². The molecule has 0 aromatic carbocycles. The van der Waals surface area contributed by atoms with Gasteiger partial charge >= 0.3 is 0 Å². The largest absolute Gasteiger partial charge is 0.330 e. The number of aromatic nitrogens is 1. The van der Waals surface area contributed by atoms with Crippen LogP contribution in [0.4, 0.5) is 0 Å². The molecule has 108 valence electrons. The molecule has 1 aromatic heterocycles. The molecule has 1 aliphatic heterocycles. The fourth-order valence-electron chi connectivity index (χ4n) is 2.51. The van der Waals surface area contributed by atoms with E-state index in [0.29, 0.717) is 19.5 Å². The third-order valence-corrected chi connectivity index (χ3v) is 5.47. The fourth-order valence-corrected chi connectivity index (χ4v) is 4.18. The van der Waals surface area contributed by atoms with Gasteiger partial charge < -0.3 is 5.73 Å². The zero-order valence-corrected chi connectivity index (χ0v) is 12.0. The first-order valence-electron chi connectivity index (χ1n) is 6.67. The minimum absolute atomic E-state index is 0.0330. The first-order chi connectivity index (χ1) is 9.59. The maximum atomic E-state index is 12.6. The summed E-state index contributed by atoms with van der Waals surface area (Å²) in [7, 11) is -3.55. The standard InChI is InChI=1S/C13H18N4O2S/c14-7-6-12-3-1-2-8-17(12)20(18,19)13-5-4-11(9-15)16-10-13/h4-5,10,12H,1-3,6-8,14H2. The van der Waals surface area contributed by atoms with Crippen molar-refractivity contribution in [1.82, 2.24) is 9.29 Å². The second-order valence-electron chi connectivity index (χ2n) is 4.83. The molecule has 2 rings (SSSR count). The molecule has 2 N–H and O–H groups in total. The molecule has 1 atom stereocenters. The summed E-state index contributed by atoms with van der Waals surface area (Å²) in [5.41, 5.74) is 5.78. The monoisotopic (exact) mass is 294 g/mol. The Labute approximate surface area is 119 Å². The van der Waals surface area contributed by atoms with E-state index in [2.05, 4.69) is 4.98 Å². The highest BCUT2D eigenvalue weighted by atomic mass is 32.2. The van der Waals surface area contributed by atoms with Crippen LogP contribution in [0.2, 0.25) is 0 Å². The van der Waals surface area contributed by atoms with Gasteiger partial charge in [0.25, 0.3) is 0 Å². The molecule has 7 heteroatoms. The number of nitriles is 1. The number of hydrogen-bond donors (Lipinski definition) is 1. The van der Waals surface area contributed by atoms with Crippen molar-refractivity contribution in [2.75, 3.05) is 13.1 Å². The quantitative estimate of drug-likeness (QED) is 0.887. The summed E-state index contributed by atoms with van der Waals surface area (Å²) in [6, 6.07) is 4.71. The summed E-state index contributed by atoms with van der Waals surface area (Å²) < 4.78 is 26.8. The summed E-state index contributed by atoms with van der Waals surface area (Å²) in [5, 5.41) is 8.71. The second-order valence-corrected chi connectivity index (χ2v) is 6.72. The molecule has 2 heterocycles. The van der Waals surface area contributed by atoms with Crippen molar-refractivity contribution in [1.29, 1.82) is 5.26 Å². The van der Waals surface area contributed by atoms with E-state index in [0.717, 1.165) is 19.3 Å². The van der Waals surface area contributed by atoms with Gasteiger partial charge in [-0.2, -0.15) is 9.57 Å². The molecule has 1 aromatic rings. The summed E-state index contributed by atoms with van der Waals surface area (Å²) in [6.45, 7) is 0.995. The van der Waals surface area contributed by atoms with E-state index >= 15 is 0 Å². The lowest BCUT2D eigenvalue weighted by Crippen LogP contribution is -2.44. The van der Waals surface area contributed by atoms with E-state index in [9.17, 15) is 8.42 Å². The Morgan fingerprint density at radius 2 is 2.25 bits per heavy atom. The number of rotatable bonds is 4. The van der Waals surface area contributed by atoms with E-state index in [1.54, 1.807) is 0 Å². The van der Waals surface area contributed by atoms with Crippen molar-refractivity contribution in [2.24, 2.45) is 5.73 Å². The molecular formula is C13H18N4O2S. The normalized spacial score (nSPS) is 20.5. The van der Waals surface area contributed by atoms with Gasteiger partial charge in [0.1, 0.15) is 16.7 Å². The van der Waals surface area contributed by atoms with Crippen LogP contribution >= 0.6 is 0 Å². The second kappa shape index (κ2) is 6.31. The molecule has 0 aliphatic carbocycles. The first kappa shape index (κ1) is 14.9. The van der Waals surface area contributed by atoms with Crippen LogP contribution in [0.25, 0.3) is 0 Å². The Morgan fingerprint density at radius 1 is 1.45 bits per heavy atom. The predicted octanol–water partition coefficient (Wildman–Crippen LogP) is 0.845. The van der Waals surface area contributed by atoms with Crippen molar-refractivity contribution < 1.29 is 8.42 Å². The lowest BCUT2D eigenvalue weighted by Gasteiger charge is -2.34. The number of nitrogens with two attached hydrogens (primary N) is 1. The van der Waals surface area contributed by atoms with Gasteiger partial charge in [-0.05, 0) is 37.9 Å². The van der Waals surface area contributed by atoms with Crippen molar-refractivity contribution in [3.8, 4) is 6.07 Å². The zero-order chi connectivity index (χ0) is 14.6. The average molecular weight is 294 g/mol. The molecule has 0 spiro atoms. The Kier molecular flexibility index (Phi) is 4.70. The predicted molar refractivity (Wildman–Crippen MR) is 74.2 cm³/mol. The van der Waals surface area contributed by atoms with Gasteiger partial charge in [0.2, 0.25) is 10.0 Å². The third kappa shape index (κ3) is 2.98. The SMILES string of the molecule is N#Cc1ccc(S(=O)(=O)N2CCCCC2CCN)cn1. The Hall–Kier alpha value is -1.49. The highest BCUT2D eigenvalue weighted by molar-refractivity contribution is 7.89. The molecule has 0 radical (unpaired) electrons. The van der Waals surface area contributed by atoms with E-state index in [-0.39, 0.29) is 16.6 Å². The van der Waals surface area contributed by atoms with Crippen LogP contribution in [0, 0.1) is 11.3 Å². The minimum atomic E-state index is -3.55. The molecule has 20 heavy (non-hydrogen) atoms. The molecule has 1 aliphatic rings. The minimum Gasteiger partial charge on any atom is -0.330 e. The van der Waals surface area contributed by atoms with Crippen molar-refractivity contribution in [3.05, 3.63) is 24.0 Å². The van der Waals surface area contributed by atoms with Crippen molar-refractivity contribution in [3.63, 3.8) is 0 Å². The molecule has 0 amide bonds. The van der Waals surface area contributed by atoms with Gasteiger partial charge in [0.05, 0.1) is 0 Å². The lowest BCUT2D eigenvalue weighted by atomic mass is 10.0. The smallest absolute Gasteiger partial charge is 0.244 e. The maximum Gasteiger partial charge on any atom is 0.244 e. The van der Waals surface area contributed by atoms with E-state index in [4.69, 9.17) is 11.0 Å². The molecule has 6 nitrogen and oxygen atoms in total. The summed E-state index contributed by atoms with van der Waals surface area (Å²) in [4.78, 5) is 3.98. The first-order valence-corrected chi connectivity index (χ1v) is 8.11. The number of hydrogen-bond acceptors (Lipinski definition) is 5. The van der Waals surface area contributed by atoms with Crippen LogP contribution < -0.4 is 5.73 Å². The fraction of sp³-hybridized carbons (Fsp3) is 0.538. The van der Waals surface area contributed by atoms with Crippen LogP contribution in [0.15, 0.2) is 23.2 Å². The topological polar surface area (TPSA) is 100 Å². The van der Waals surface area contributed by atoms with E-state index < -0.39 is 10.0 Å². The van der Waals surface area contributed by atoms with Crippen LogP contribution in [0.3, 0.4) is 0 Å². The highest BCUT2D eigenvalue weighted by Crippen LogP contribution is 2.26. The molecule has 0 bridgehead atoms. The zero-order valence-electron chi connectivity index (χ0n) is 11.2. The Bertz CT molecular complexity index is 590. The number of pyridine rings is 1. The number of piperidine rings is 1. The van der Waals surface area contributed by atoms with Crippen molar-refractivity contribution in [2.45, 2.75) is 36.6 Å². The van der Waals surface area contributed by atoms with Gasteiger partial charge in [0.15, 0.2) is 0 Å². The molecule has 0 saturated carbocycles. The summed E-state index contributed by atoms with van der Waals surface area (Å²) >= 11 is 0. The maximum absolute atomic E-state index is 12.6. The van der Waals surface area contributed by atoms with Gasteiger partial charge in [0, 0.05) is 18.8 Å². The van der Waals surface area contributed by atoms with E-state index in [1.165, 1.54) is 22.6 Å². The number of nitrogens with zero attached hydrogens (tertiary/aromatic N) is 3. The molecule has 1 fully saturated rings. The lowest BCUT2D eigenvalue weighted by molar-refractivity contribution is 0.243. The third-order valence-electron chi connectivity index (χ3n) is 3.53. The number of sulfonamides is 1. The highest BCUT2D eigenvalue weighted by Gasteiger charge is 2.33. The molecular weight excluding hydrogens is 276 g/mol. The van der Waals surface area contributed by atoms with E-state index in [1.807, 2.05) is 6.07 Å². The van der Waals surface area contributed by atoms with Crippen LogP contribution in [0.5, 0.6) is 0 Å². The van der Waals surface area contributed by atoms with Gasteiger partial charge in [-0.25, -0.2) is 13.4 Å². The Balaban J connectivity index is 2.29. The van der Waals surface area contributed by atoms with Crippen LogP contribution in [-0.2, 0) is 10.0 Å². The average Bonchev–Trinajstić information content (AvgIpc) is 2.48. The van der Waals surface area contributed by atoms with Gasteiger partial charge in [-0.1, -0.05) is 6.42 Å². The van der Waals surface area contributed by atoms with Gasteiger partial charge in [-0.15, -0.1) is 0 Å². The van der Waals surface area contributed by atoms with Crippen LogP contribution in [0.1, 0.15) is 31.4 Å². The van der Waals surface area contributed by atoms with Gasteiger partial charge in [-0.3, -0.25) is 0 Å². The molecule has 1 saturated heterocycles. The summed E-state index contributed by atoms with van der Waals surface area (Å²) in [6.07, 6.45) is 4.66. The summed E-state index contributed by atoms with van der Waals surface area (Å²) in [5.74, 6) is 0. The van der Waals surface area contributed by atoms with Crippen LogP contribution in [-0.4, -0.2) is 36.8 Å². The molecule has 1 unspecified atom stereocenters. The Morgan fingerprint density at radius 3 is 2.85 bits per heavy atom.